The highest BCUT2D eigenvalue weighted by Crippen LogP contribution is 2.58. The van der Waals surface area contributed by atoms with Gasteiger partial charge >= 0.3 is 6.03 Å². The number of hydrogen-bond acceptors (Lipinski definition) is 4. The molecule has 1 N–H and O–H groups in total. The first-order chi connectivity index (χ1) is 15.0. The first-order valence-corrected chi connectivity index (χ1v) is 12.0. The summed E-state index contributed by atoms with van der Waals surface area (Å²) in [5, 5.41) is 3.05. The quantitative estimate of drug-likeness (QED) is 0.709. The van der Waals surface area contributed by atoms with Gasteiger partial charge in [-0.15, -0.1) is 0 Å². The molecule has 7 nitrogen and oxygen atoms in total. The summed E-state index contributed by atoms with van der Waals surface area (Å²) < 4.78 is 0. The van der Waals surface area contributed by atoms with Gasteiger partial charge in [-0.3, -0.25) is 14.7 Å². The largest absolute Gasteiger partial charge is 0.342 e. The minimum Gasteiger partial charge on any atom is -0.342 e. The summed E-state index contributed by atoms with van der Waals surface area (Å²) >= 11 is 0. The van der Waals surface area contributed by atoms with Gasteiger partial charge in [0.05, 0.1) is 5.41 Å². The molecule has 31 heavy (non-hydrogen) atoms. The number of nitrogens with one attached hydrogen (secondary N) is 1. The molecular formula is C24H37N5O2. The van der Waals surface area contributed by atoms with Gasteiger partial charge in [0.1, 0.15) is 0 Å². The van der Waals surface area contributed by atoms with Crippen molar-refractivity contribution >= 4 is 11.9 Å². The molecule has 4 rings (SSSR count). The third-order valence-corrected chi connectivity index (χ3v) is 7.87. The molecule has 3 aliphatic heterocycles. The fourth-order valence-corrected chi connectivity index (χ4v) is 6.08. The molecule has 3 amide bonds. The maximum atomic E-state index is 13.6. The second kappa shape index (κ2) is 9.15. The van der Waals surface area contributed by atoms with Crippen molar-refractivity contribution in [1.29, 1.82) is 0 Å². The second-order valence-corrected chi connectivity index (χ2v) is 9.58. The van der Waals surface area contributed by atoms with Crippen LogP contribution in [0.15, 0.2) is 24.5 Å². The lowest BCUT2D eigenvalue weighted by Crippen LogP contribution is -2.55. The molecule has 0 saturated carbocycles. The van der Waals surface area contributed by atoms with Gasteiger partial charge in [-0.2, -0.15) is 0 Å². The van der Waals surface area contributed by atoms with Crippen molar-refractivity contribution in [3.8, 4) is 0 Å². The van der Waals surface area contributed by atoms with Gasteiger partial charge < -0.3 is 15.1 Å². The zero-order valence-corrected chi connectivity index (χ0v) is 19.1. The van der Waals surface area contributed by atoms with Gasteiger partial charge in [0.2, 0.25) is 5.91 Å². The van der Waals surface area contributed by atoms with Crippen LogP contribution in [0.3, 0.4) is 0 Å². The van der Waals surface area contributed by atoms with Gasteiger partial charge in [0.25, 0.3) is 0 Å². The molecule has 3 fully saturated rings. The standard InChI is InChI=1S/C24H37N5O2/c1-3-5-12-26-22(31)29-13-8-23(9-14-29)18-27(17-20-7-6-11-25-16-20)19-24(23)10-15-28(4-2)21(24)30/h6-7,11,16H,3-5,8-10,12-15,17-19H2,1-2H3,(H,26,31). The van der Waals surface area contributed by atoms with E-state index in [2.05, 4.69) is 35.1 Å². The maximum absolute atomic E-state index is 13.6. The fourth-order valence-electron chi connectivity index (χ4n) is 6.08. The topological polar surface area (TPSA) is 68.8 Å². The van der Waals surface area contributed by atoms with Crippen molar-refractivity contribution in [2.75, 3.05) is 45.8 Å². The van der Waals surface area contributed by atoms with Gasteiger partial charge in [0, 0.05) is 70.2 Å². The minimum absolute atomic E-state index is 0.0452. The number of rotatable bonds is 6. The lowest BCUT2D eigenvalue weighted by atomic mass is 9.60. The molecular weight excluding hydrogens is 390 g/mol. The highest BCUT2D eigenvalue weighted by atomic mass is 16.2. The number of urea groups is 1. The Hall–Kier alpha value is -2.15. The first kappa shape index (κ1) is 22.1. The number of aromatic nitrogens is 1. The lowest BCUT2D eigenvalue weighted by molar-refractivity contribution is -0.141. The van der Waals surface area contributed by atoms with Crippen LogP contribution in [-0.4, -0.2) is 77.4 Å². The number of likely N-dealkylation sites (tertiary alicyclic amines) is 3. The van der Waals surface area contributed by atoms with E-state index in [4.69, 9.17) is 0 Å². The molecule has 1 atom stereocenters. The van der Waals surface area contributed by atoms with E-state index < -0.39 is 0 Å². The number of nitrogens with zero attached hydrogens (tertiary/aromatic N) is 4. The van der Waals surface area contributed by atoms with Crippen LogP contribution in [0.1, 0.15) is 51.5 Å². The molecule has 0 aromatic carbocycles. The van der Waals surface area contributed by atoms with Crippen LogP contribution in [-0.2, 0) is 11.3 Å². The molecule has 1 aromatic rings. The predicted molar refractivity (Wildman–Crippen MR) is 120 cm³/mol. The highest BCUT2D eigenvalue weighted by Gasteiger charge is 2.64. The zero-order chi connectivity index (χ0) is 21.9. The van der Waals surface area contributed by atoms with Gasteiger partial charge in [-0.25, -0.2) is 4.79 Å². The van der Waals surface area contributed by atoms with Crippen LogP contribution >= 0.6 is 0 Å². The summed E-state index contributed by atoms with van der Waals surface area (Å²) in [7, 11) is 0. The van der Waals surface area contributed by atoms with Gasteiger partial charge in [0.15, 0.2) is 0 Å². The number of piperidine rings is 1. The van der Waals surface area contributed by atoms with Crippen LogP contribution in [0.4, 0.5) is 4.79 Å². The lowest BCUT2D eigenvalue weighted by Gasteiger charge is -2.47. The van der Waals surface area contributed by atoms with Crippen LogP contribution < -0.4 is 5.32 Å². The van der Waals surface area contributed by atoms with E-state index in [1.807, 2.05) is 22.1 Å². The van der Waals surface area contributed by atoms with E-state index in [0.29, 0.717) is 5.91 Å². The van der Waals surface area contributed by atoms with E-state index in [9.17, 15) is 9.59 Å². The van der Waals surface area contributed by atoms with E-state index in [1.54, 1.807) is 6.20 Å². The van der Waals surface area contributed by atoms with E-state index in [0.717, 1.165) is 84.5 Å². The summed E-state index contributed by atoms with van der Waals surface area (Å²) in [6.07, 6.45) is 8.56. The fraction of sp³-hybridized carbons (Fsp3) is 0.708. The summed E-state index contributed by atoms with van der Waals surface area (Å²) in [5.74, 6) is 0.338. The van der Waals surface area contributed by atoms with Crippen molar-refractivity contribution in [3.63, 3.8) is 0 Å². The Labute approximate surface area is 186 Å². The third-order valence-electron chi connectivity index (χ3n) is 7.87. The number of carbonyl (C=O) groups is 2. The Morgan fingerprint density at radius 1 is 1.16 bits per heavy atom. The van der Waals surface area contributed by atoms with Gasteiger partial charge in [-0.05, 0) is 44.2 Å². The van der Waals surface area contributed by atoms with Crippen molar-refractivity contribution in [2.24, 2.45) is 10.8 Å². The number of carbonyl (C=O) groups excluding carboxylic acids is 2. The van der Waals surface area contributed by atoms with Crippen LogP contribution in [0.25, 0.3) is 0 Å². The minimum atomic E-state index is -0.310. The molecule has 3 aliphatic rings. The number of pyridine rings is 1. The Kier molecular flexibility index (Phi) is 6.51. The SMILES string of the molecule is CCCCNC(=O)N1CCC2(CC1)CN(Cc1cccnc1)CC21CCN(CC)C1=O. The monoisotopic (exact) mass is 427 g/mol. The van der Waals surface area contributed by atoms with Crippen molar-refractivity contribution < 1.29 is 9.59 Å². The first-order valence-electron chi connectivity index (χ1n) is 12.0. The molecule has 0 aliphatic carbocycles. The van der Waals surface area contributed by atoms with Crippen molar-refractivity contribution in [3.05, 3.63) is 30.1 Å². The van der Waals surface area contributed by atoms with Crippen LogP contribution in [0.5, 0.6) is 0 Å². The Morgan fingerprint density at radius 2 is 1.97 bits per heavy atom. The summed E-state index contributed by atoms with van der Waals surface area (Å²) in [6.45, 7) is 10.6. The number of hydrogen-bond donors (Lipinski definition) is 1. The third kappa shape index (κ3) is 4.04. The van der Waals surface area contributed by atoms with Crippen LogP contribution in [0.2, 0.25) is 0 Å². The molecule has 0 bridgehead atoms. The predicted octanol–water partition coefficient (Wildman–Crippen LogP) is 2.73. The van der Waals surface area contributed by atoms with E-state index >= 15 is 0 Å². The number of unbranched alkanes of at least 4 members (excludes halogenated alkanes) is 1. The number of amides is 3. The molecule has 3 saturated heterocycles. The summed E-state index contributed by atoms with van der Waals surface area (Å²) in [4.78, 5) is 36.9. The second-order valence-electron chi connectivity index (χ2n) is 9.58. The Balaban J connectivity index is 1.50. The molecule has 1 unspecified atom stereocenters. The Morgan fingerprint density at radius 3 is 2.61 bits per heavy atom. The normalized spacial score (nSPS) is 25.7. The summed E-state index contributed by atoms with van der Waals surface area (Å²) in [6, 6.07) is 4.14. The molecule has 2 spiro atoms. The zero-order valence-electron chi connectivity index (χ0n) is 19.1. The average molecular weight is 428 g/mol. The molecule has 4 heterocycles. The summed E-state index contributed by atoms with van der Waals surface area (Å²) in [5.41, 5.74) is 0.840. The van der Waals surface area contributed by atoms with Crippen molar-refractivity contribution in [1.82, 2.24) is 25.0 Å². The molecule has 1 aromatic heterocycles. The Bertz CT molecular complexity index is 777. The van der Waals surface area contributed by atoms with Gasteiger partial charge in [-0.1, -0.05) is 19.4 Å². The highest BCUT2D eigenvalue weighted by molar-refractivity contribution is 5.87. The molecule has 7 heteroatoms. The van der Waals surface area contributed by atoms with Crippen LogP contribution in [0, 0.1) is 10.8 Å². The molecule has 170 valence electrons. The van der Waals surface area contributed by atoms with E-state index in [-0.39, 0.29) is 16.9 Å². The smallest absolute Gasteiger partial charge is 0.317 e. The average Bonchev–Trinajstić information content (AvgIpc) is 3.26. The number of fused-ring (bicyclic) bond motifs is 1. The van der Waals surface area contributed by atoms with E-state index in [1.165, 1.54) is 5.56 Å². The molecule has 0 radical (unpaired) electrons. The maximum Gasteiger partial charge on any atom is 0.317 e. The van der Waals surface area contributed by atoms with Crippen molar-refractivity contribution in [2.45, 2.75) is 52.5 Å².